The minimum atomic E-state index is -0.564. The summed E-state index contributed by atoms with van der Waals surface area (Å²) in [6.07, 6.45) is 0.159. The molecule has 1 heterocycles. The van der Waals surface area contributed by atoms with Gasteiger partial charge in [0, 0.05) is 0 Å². The number of benzene rings is 2. The van der Waals surface area contributed by atoms with Crippen LogP contribution in [0, 0.1) is 6.92 Å². The molecule has 2 N–H and O–H groups in total. The lowest BCUT2D eigenvalue weighted by Crippen LogP contribution is -2.26. The summed E-state index contributed by atoms with van der Waals surface area (Å²) in [5.74, 6) is -1.14. The molecule has 166 valence electrons. The molecular formula is C25H26N2O4S. The summed E-state index contributed by atoms with van der Waals surface area (Å²) in [5, 5.41) is 6.08. The van der Waals surface area contributed by atoms with Gasteiger partial charge in [-0.2, -0.15) is 0 Å². The fourth-order valence-corrected chi connectivity index (χ4v) is 4.42. The molecule has 0 bridgehead atoms. The monoisotopic (exact) mass is 450 g/mol. The predicted octanol–water partition coefficient (Wildman–Crippen LogP) is 4.91. The SMILES string of the molecule is CCOC(=O)c1c(NC(=O)Cc2ccccc2)sc(C(=O)NC(C)c2ccccc2)c1C. The van der Waals surface area contributed by atoms with Gasteiger partial charge in [-0.15, -0.1) is 11.3 Å². The lowest BCUT2D eigenvalue weighted by Gasteiger charge is -2.14. The zero-order chi connectivity index (χ0) is 23.1. The second-order valence-electron chi connectivity index (χ2n) is 7.30. The van der Waals surface area contributed by atoms with Crippen LogP contribution in [-0.4, -0.2) is 24.4 Å². The van der Waals surface area contributed by atoms with E-state index in [1.807, 2.05) is 67.6 Å². The highest BCUT2D eigenvalue weighted by atomic mass is 32.1. The first-order valence-electron chi connectivity index (χ1n) is 10.4. The van der Waals surface area contributed by atoms with Crippen molar-refractivity contribution < 1.29 is 19.1 Å². The van der Waals surface area contributed by atoms with E-state index in [0.717, 1.165) is 22.5 Å². The minimum absolute atomic E-state index is 0.159. The van der Waals surface area contributed by atoms with Crippen LogP contribution in [0.3, 0.4) is 0 Å². The molecule has 1 atom stereocenters. The fourth-order valence-electron chi connectivity index (χ4n) is 3.31. The number of anilines is 1. The molecule has 2 amide bonds. The molecule has 2 aromatic carbocycles. The van der Waals surface area contributed by atoms with Gasteiger partial charge in [0.05, 0.1) is 29.5 Å². The third-order valence-corrected chi connectivity index (χ3v) is 6.15. The molecular weight excluding hydrogens is 424 g/mol. The molecule has 1 aromatic heterocycles. The number of amides is 2. The first kappa shape index (κ1) is 23.2. The largest absolute Gasteiger partial charge is 0.462 e. The topological polar surface area (TPSA) is 84.5 Å². The van der Waals surface area contributed by atoms with Gasteiger partial charge in [-0.1, -0.05) is 60.7 Å². The second-order valence-corrected chi connectivity index (χ2v) is 8.32. The van der Waals surface area contributed by atoms with Crippen molar-refractivity contribution in [3.05, 3.63) is 87.8 Å². The number of nitrogens with one attached hydrogen (secondary N) is 2. The van der Waals surface area contributed by atoms with Crippen molar-refractivity contribution in [2.45, 2.75) is 33.2 Å². The highest BCUT2D eigenvalue weighted by molar-refractivity contribution is 7.18. The number of hydrogen-bond acceptors (Lipinski definition) is 5. The Morgan fingerprint density at radius 1 is 1.00 bits per heavy atom. The summed E-state index contributed by atoms with van der Waals surface area (Å²) in [6, 6.07) is 18.7. The smallest absolute Gasteiger partial charge is 0.341 e. The molecule has 0 saturated heterocycles. The molecule has 0 spiro atoms. The molecule has 0 aliphatic carbocycles. The Hall–Kier alpha value is -3.45. The average molecular weight is 451 g/mol. The zero-order valence-corrected chi connectivity index (χ0v) is 19.1. The number of hydrogen-bond donors (Lipinski definition) is 2. The van der Waals surface area contributed by atoms with Crippen molar-refractivity contribution in [3.63, 3.8) is 0 Å². The van der Waals surface area contributed by atoms with Gasteiger partial charge in [-0.25, -0.2) is 4.79 Å². The number of carbonyl (C=O) groups excluding carboxylic acids is 3. The Balaban J connectivity index is 1.84. The lowest BCUT2D eigenvalue weighted by atomic mass is 10.1. The summed E-state index contributed by atoms with van der Waals surface area (Å²) >= 11 is 1.08. The molecule has 0 radical (unpaired) electrons. The van der Waals surface area contributed by atoms with Crippen molar-refractivity contribution in [1.82, 2.24) is 5.32 Å². The Bertz CT molecular complexity index is 1090. The van der Waals surface area contributed by atoms with Gasteiger partial charge in [-0.3, -0.25) is 9.59 Å². The van der Waals surface area contributed by atoms with Crippen LogP contribution in [0.15, 0.2) is 60.7 Å². The first-order valence-corrected chi connectivity index (χ1v) is 11.2. The van der Waals surface area contributed by atoms with Gasteiger partial charge in [0.25, 0.3) is 5.91 Å². The number of ether oxygens (including phenoxy) is 1. The van der Waals surface area contributed by atoms with Crippen LogP contribution in [0.4, 0.5) is 5.00 Å². The number of thiophene rings is 1. The van der Waals surface area contributed by atoms with Gasteiger partial charge in [0.15, 0.2) is 0 Å². The van der Waals surface area contributed by atoms with Crippen LogP contribution < -0.4 is 10.6 Å². The number of carbonyl (C=O) groups is 3. The Labute approximate surface area is 191 Å². The average Bonchev–Trinajstić information content (AvgIpc) is 3.10. The number of rotatable bonds is 8. The van der Waals surface area contributed by atoms with Crippen LogP contribution in [-0.2, 0) is 16.0 Å². The Morgan fingerprint density at radius 2 is 1.62 bits per heavy atom. The van der Waals surface area contributed by atoms with Gasteiger partial charge in [0.1, 0.15) is 5.00 Å². The van der Waals surface area contributed by atoms with E-state index in [0.29, 0.717) is 15.4 Å². The third kappa shape index (κ3) is 5.62. The highest BCUT2D eigenvalue weighted by Gasteiger charge is 2.27. The van der Waals surface area contributed by atoms with E-state index in [1.165, 1.54) is 0 Å². The molecule has 3 aromatic rings. The maximum atomic E-state index is 13.0. The van der Waals surface area contributed by atoms with E-state index in [1.54, 1.807) is 13.8 Å². The molecule has 1 unspecified atom stereocenters. The van der Waals surface area contributed by atoms with Crippen molar-refractivity contribution in [3.8, 4) is 0 Å². The molecule has 6 nitrogen and oxygen atoms in total. The molecule has 0 aliphatic heterocycles. The summed E-state index contributed by atoms with van der Waals surface area (Å²) in [7, 11) is 0. The van der Waals surface area contributed by atoms with E-state index in [2.05, 4.69) is 10.6 Å². The van der Waals surface area contributed by atoms with Gasteiger partial charge in [0.2, 0.25) is 5.91 Å². The Kier molecular flexibility index (Phi) is 7.78. The fraction of sp³-hybridized carbons (Fsp3) is 0.240. The zero-order valence-electron chi connectivity index (χ0n) is 18.3. The van der Waals surface area contributed by atoms with Crippen LogP contribution in [0.2, 0.25) is 0 Å². The van der Waals surface area contributed by atoms with Crippen molar-refractivity contribution >= 4 is 34.1 Å². The quantitative estimate of drug-likeness (QED) is 0.478. The highest BCUT2D eigenvalue weighted by Crippen LogP contribution is 2.34. The van der Waals surface area contributed by atoms with E-state index < -0.39 is 5.97 Å². The summed E-state index contributed by atoms with van der Waals surface area (Å²) < 4.78 is 5.18. The van der Waals surface area contributed by atoms with Crippen molar-refractivity contribution in [2.24, 2.45) is 0 Å². The second kappa shape index (κ2) is 10.7. The minimum Gasteiger partial charge on any atom is -0.462 e. The van der Waals surface area contributed by atoms with Crippen LogP contribution in [0.25, 0.3) is 0 Å². The first-order chi connectivity index (χ1) is 15.4. The normalized spacial score (nSPS) is 11.5. The van der Waals surface area contributed by atoms with Crippen molar-refractivity contribution in [2.75, 3.05) is 11.9 Å². The van der Waals surface area contributed by atoms with E-state index in [4.69, 9.17) is 4.74 Å². The van der Waals surface area contributed by atoms with E-state index >= 15 is 0 Å². The third-order valence-electron chi connectivity index (χ3n) is 4.94. The molecule has 3 rings (SSSR count). The van der Waals surface area contributed by atoms with Crippen LogP contribution in [0.5, 0.6) is 0 Å². The van der Waals surface area contributed by atoms with Gasteiger partial charge >= 0.3 is 5.97 Å². The molecule has 32 heavy (non-hydrogen) atoms. The maximum Gasteiger partial charge on any atom is 0.341 e. The number of esters is 1. The molecule has 0 saturated carbocycles. The summed E-state index contributed by atoms with van der Waals surface area (Å²) in [4.78, 5) is 38.6. The van der Waals surface area contributed by atoms with Gasteiger partial charge in [-0.05, 0) is 37.5 Å². The van der Waals surface area contributed by atoms with Gasteiger partial charge < -0.3 is 15.4 Å². The molecule has 7 heteroatoms. The lowest BCUT2D eigenvalue weighted by molar-refractivity contribution is -0.115. The predicted molar refractivity (Wildman–Crippen MR) is 126 cm³/mol. The molecule has 0 aliphatic rings. The summed E-state index contributed by atoms with van der Waals surface area (Å²) in [5.41, 5.74) is 2.53. The van der Waals surface area contributed by atoms with Crippen LogP contribution >= 0.6 is 11.3 Å². The molecule has 0 fully saturated rings. The van der Waals surface area contributed by atoms with Crippen molar-refractivity contribution in [1.29, 1.82) is 0 Å². The van der Waals surface area contributed by atoms with Crippen LogP contribution in [0.1, 0.15) is 56.6 Å². The van der Waals surface area contributed by atoms with E-state index in [-0.39, 0.29) is 36.4 Å². The van der Waals surface area contributed by atoms with E-state index in [9.17, 15) is 14.4 Å². The standard InChI is InChI=1S/C25H26N2O4S/c1-4-31-25(30)21-16(2)22(23(29)26-17(3)19-13-9-6-10-14-19)32-24(21)27-20(28)15-18-11-7-5-8-12-18/h5-14,17H,4,15H2,1-3H3,(H,26,29)(H,27,28). The summed E-state index contributed by atoms with van der Waals surface area (Å²) in [6.45, 7) is 5.49. The Morgan fingerprint density at radius 3 is 2.25 bits per heavy atom. The maximum absolute atomic E-state index is 13.0.